The van der Waals surface area contributed by atoms with Crippen molar-refractivity contribution in [3.8, 4) is 0 Å². The van der Waals surface area contributed by atoms with E-state index in [0.717, 1.165) is 0 Å². The third kappa shape index (κ3) is 1.78. The Balaban J connectivity index is 2.48. The second kappa shape index (κ2) is 4.56. The average Bonchev–Trinajstić information content (AvgIpc) is 2.50. The van der Waals surface area contributed by atoms with Crippen LogP contribution in [0.1, 0.15) is 15.9 Å². The number of benzene rings is 2. The van der Waals surface area contributed by atoms with Gasteiger partial charge in [0.1, 0.15) is 0 Å². The molecule has 0 aliphatic carbocycles. The van der Waals surface area contributed by atoms with Crippen LogP contribution in [0.5, 0.6) is 0 Å². The fourth-order valence-corrected chi connectivity index (χ4v) is 4.64. The van der Waals surface area contributed by atoms with Crippen molar-refractivity contribution in [2.75, 3.05) is 11.4 Å². The number of rotatable bonds is 0. The smallest absolute Gasteiger partial charge is 0.264 e. The van der Waals surface area contributed by atoms with Gasteiger partial charge >= 0.3 is 0 Å². The van der Waals surface area contributed by atoms with Crippen LogP contribution in [0.2, 0.25) is 0 Å². The van der Waals surface area contributed by atoms with Crippen molar-refractivity contribution in [1.82, 2.24) is 0 Å². The molecule has 1 aliphatic heterocycles. The van der Waals surface area contributed by atoms with Crippen LogP contribution >= 0.6 is 22.6 Å². The predicted molar refractivity (Wildman–Crippen MR) is 84.6 cm³/mol. The van der Waals surface area contributed by atoms with Crippen LogP contribution in [-0.4, -0.2) is 21.2 Å². The highest BCUT2D eigenvalue weighted by atomic mass is 127. The first kappa shape index (κ1) is 13.6. The lowest BCUT2D eigenvalue weighted by molar-refractivity contribution is 0.103. The second-order valence-electron chi connectivity index (χ2n) is 4.43. The molecule has 2 aromatic rings. The van der Waals surface area contributed by atoms with Crippen LogP contribution in [0.25, 0.3) is 0 Å². The van der Waals surface area contributed by atoms with Crippen molar-refractivity contribution < 1.29 is 13.2 Å². The Morgan fingerprint density at radius 2 is 1.75 bits per heavy atom. The Kier molecular flexibility index (Phi) is 3.09. The lowest BCUT2D eigenvalue weighted by Gasteiger charge is -2.18. The van der Waals surface area contributed by atoms with Crippen molar-refractivity contribution in [2.45, 2.75) is 4.90 Å². The van der Waals surface area contributed by atoms with E-state index in [9.17, 15) is 13.2 Å². The molecule has 4 nitrogen and oxygen atoms in total. The molecule has 0 saturated heterocycles. The molecule has 0 amide bonds. The van der Waals surface area contributed by atoms with Crippen molar-refractivity contribution in [3.05, 3.63) is 57.2 Å². The Hall–Kier alpha value is -1.41. The minimum absolute atomic E-state index is 0.0631. The highest BCUT2D eigenvalue weighted by Gasteiger charge is 2.34. The fraction of sp³-hybridized carbons (Fsp3) is 0.0714. The molecule has 20 heavy (non-hydrogen) atoms. The first-order valence-electron chi connectivity index (χ1n) is 5.86. The molecule has 0 aromatic heterocycles. The number of para-hydroxylation sites is 1. The summed E-state index contributed by atoms with van der Waals surface area (Å²) in [6.45, 7) is 0. The zero-order valence-electron chi connectivity index (χ0n) is 10.5. The topological polar surface area (TPSA) is 54.5 Å². The average molecular weight is 399 g/mol. The number of carbonyl (C=O) groups excluding carboxylic acids is 1. The van der Waals surface area contributed by atoms with E-state index in [-0.39, 0.29) is 16.2 Å². The third-order valence-electron chi connectivity index (χ3n) is 3.33. The number of hydrogen-bond donors (Lipinski definition) is 0. The van der Waals surface area contributed by atoms with Crippen LogP contribution in [0, 0.1) is 3.57 Å². The summed E-state index contributed by atoms with van der Waals surface area (Å²) >= 11 is 1.99. The van der Waals surface area contributed by atoms with Gasteiger partial charge in [0.2, 0.25) is 0 Å². The molecule has 1 heterocycles. The molecule has 6 heteroatoms. The van der Waals surface area contributed by atoms with Crippen molar-refractivity contribution in [1.29, 1.82) is 0 Å². The van der Waals surface area contributed by atoms with Gasteiger partial charge in [0.25, 0.3) is 10.0 Å². The molecule has 0 radical (unpaired) electrons. The molecule has 0 saturated carbocycles. The maximum absolute atomic E-state index is 12.7. The number of ketones is 1. The number of carbonyl (C=O) groups is 1. The van der Waals surface area contributed by atoms with Gasteiger partial charge in [0.15, 0.2) is 5.78 Å². The van der Waals surface area contributed by atoms with E-state index in [4.69, 9.17) is 0 Å². The molecule has 0 bridgehead atoms. The number of halogens is 1. The lowest BCUT2D eigenvalue weighted by Crippen LogP contribution is -2.26. The SMILES string of the molecule is CN1c2ccccc2C(=O)c2c(I)cccc2S1(=O)=O. The summed E-state index contributed by atoms with van der Waals surface area (Å²) in [7, 11) is -2.25. The molecule has 0 spiro atoms. The zero-order chi connectivity index (χ0) is 14.5. The van der Waals surface area contributed by atoms with E-state index >= 15 is 0 Å². The first-order chi connectivity index (χ1) is 9.44. The Bertz CT molecular complexity index is 830. The fourth-order valence-electron chi connectivity index (χ4n) is 2.29. The molecule has 0 N–H and O–H groups in total. The molecular formula is C14H10INO3S. The Morgan fingerprint density at radius 3 is 2.50 bits per heavy atom. The first-order valence-corrected chi connectivity index (χ1v) is 8.37. The summed E-state index contributed by atoms with van der Waals surface area (Å²) in [5.41, 5.74) is 1.07. The monoisotopic (exact) mass is 399 g/mol. The molecule has 0 atom stereocenters. The number of anilines is 1. The van der Waals surface area contributed by atoms with E-state index in [0.29, 0.717) is 14.8 Å². The Labute approximate surface area is 130 Å². The van der Waals surface area contributed by atoms with Crippen LogP contribution < -0.4 is 4.31 Å². The summed E-state index contributed by atoms with van der Waals surface area (Å²) in [6, 6.07) is 11.6. The molecule has 1 aliphatic rings. The largest absolute Gasteiger partial charge is 0.288 e. The van der Waals surface area contributed by atoms with E-state index < -0.39 is 10.0 Å². The number of fused-ring (bicyclic) bond motifs is 2. The normalized spacial score (nSPS) is 16.3. The summed E-state index contributed by atoms with van der Waals surface area (Å²) in [5, 5.41) is 0. The van der Waals surface area contributed by atoms with Crippen molar-refractivity contribution in [2.24, 2.45) is 0 Å². The van der Waals surface area contributed by atoms with Crippen molar-refractivity contribution >= 4 is 44.1 Å². The van der Waals surface area contributed by atoms with Crippen LogP contribution in [0.4, 0.5) is 5.69 Å². The van der Waals surface area contributed by atoms with Gasteiger partial charge in [0, 0.05) is 16.2 Å². The van der Waals surface area contributed by atoms with Gasteiger partial charge in [-0.05, 0) is 46.9 Å². The van der Waals surface area contributed by atoms with Gasteiger partial charge in [-0.25, -0.2) is 8.42 Å². The summed E-state index contributed by atoms with van der Waals surface area (Å²) in [6.07, 6.45) is 0. The molecule has 2 aromatic carbocycles. The summed E-state index contributed by atoms with van der Waals surface area (Å²) in [5.74, 6) is -0.256. The van der Waals surface area contributed by atoms with E-state index in [1.54, 1.807) is 36.4 Å². The van der Waals surface area contributed by atoms with Gasteiger partial charge in [0.05, 0.1) is 16.1 Å². The van der Waals surface area contributed by atoms with E-state index in [1.165, 1.54) is 17.4 Å². The molecule has 3 rings (SSSR count). The maximum atomic E-state index is 12.7. The van der Waals surface area contributed by atoms with Crippen molar-refractivity contribution in [3.63, 3.8) is 0 Å². The molecular weight excluding hydrogens is 389 g/mol. The maximum Gasteiger partial charge on any atom is 0.264 e. The predicted octanol–water partition coefficient (Wildman–Crippen LogP) is 2.66. The summed E-state index contributed by atoms with van der Waals surface area (Å²) < 4.78 is 27.1. The molecule has 102 valence electrons. The second-order valence-corrected chi connectivity index (χ2v) is 7.53. The number of nitrogens with zero attached hydrogens (tertiary/aromatic N) is 1. The third-order valence-corrected chi connectivity index (χ3v) is 6.04. The number of sulfonamides is 1. The summed E-state index contributed by atoms with van der Waals surface area (Å²) in [4.78, 5) is 12.7. The lowest BCUT2D eigenvalue weighted by atomic mass is 10.0. The highest BCUT2D eigenvalue weighted by Crippen LogP contribution is 2.35. The van der Waals surface area contributed by atoms with Gasteiger partial charge in [-0.1, -0.05) is 18.2 Å². The van der Waals surface area contributed by atoms with E-state index in [1.807, 2.05) is 22.6 Å². The van der Waals surface area contributed by atoms with E-state index in [2.05, 4.69) is 0 Å². The number of hydrogen-bond acceptors (Lipinski definition) is 3. The van der Waals surface area contributed by atoms with Crippen LogP contribution in [0.15, 0.2) is 47.4 Å². The van der Waals surface area contributed by atoms with Gasteiger partial charge in [-0.15, -0.1) is 0 Å². The van der Waals surface area contributed by atoms with Gasteiger partial charge in [-0.2, -0.15) is 0 Å². The standard InChI is InChI=1S/C14H10INO3S/c1-16-11-7-3-2-5-9(11)14(17)13-10(15)6-4-8-12(13)20(16,18)19/h2-8H,1H3. The molecule has 0 fully saturated rings. The van der Waals surface area contributed by atoms with Crippen LogP contribution in [-0.2, 0) is 10.0 Å². The minimum Gasteiger partial charge on any atom is -0.288 e. The quantitative estimate of drug-likeness (QED) is 0.641. The van der Waals surface area contributed by atoms with Crippen LogP contribution in [0.3, 0.4) is 0 Å². The van der Waals surface area contributed by atoms with Gasteiger partial charge < -0.3 is 0 Å². The van der Waals surface area contributed by atoms with Gasteiger partial charge in [-0.3, -0.25) is 9.10 Å². The Morgan fingerprint density at radius 1 is 1.05 bits per heavy atom. The zero-order valence-corrected chi connectivity index (χ0v) is 13.5. The molecule has 0 unspecified atom stereocenters. The minimum atomic E-state index is -3.72. The highest BCUT2D eigenvalue weighted by molar-refractivity contribution is 14.1.